The number of thiocarbonyl (C=S) groups is 1. The fourth-order valence-corrected chi connectivity index (χ4v) is 1.78. The van der Waals surface area contributed by atoms with Crippen molar-refractivity contribution in [3.8, 4) is 0 Å². The number of nitrogens with zero attached hydrogens (tertiary/aromatic N) is 1. The van der Waals surface area contributed by atoms with Gasteiger partial charge in [-0.15, -0.1) is 0 Å². The lowest BCUT2D eigenvalue weighted by Crippen LogP contribution is -2.30. The first-order valence-corrected chi connectivity index (χ1v) is 6.24. The maximum Gasteiger partial charge on any atom is 0.170 e. The highest BCUT2D eigenvalue weighted by Gasteiger charge is 1.97. The summed E-state index contributed by atoms with van der Waals surface area (Å²) >= 11 is 5.21. The molecule has 0 aliphatic rings. The Labute approximate surface area is 112 Å². The Bertz CT molecular complexity index is 485. The number of rotatable bonds is 4. The molecule has 0 bridgehead atoms. The van der Waals surface area contributed by atoms with E-state index < -0.39 is 0 Å². The normalized spacial score (nSPS) is 9.78. The van der Waals surface area contributed by atoms with E-state index in [2.05, 4.69) is 21.7 Å². The monoisotopic (exact) mass is 257 g/mol. The van der Waals surface area contributed by atoms with Crippen molar-refractivity contribution in [2.75, 3.05) is 11.9 Å². The molecule has 0 radical (unpaired) electrons. The van der Waals surface area contributed by atoms with Crippen molar-refractivity contribution in [1.82, 2.24) is 10.3 Å². The van der Waals surface area contributed by atoms with E-state index in [9.17, 15) is 0 Å². The smallest absolute Gasteiger partial charge is 0.170 e. The van der Waals surface area contributed by atoms with Gasteiger partial charge in [-0.25, -0.2) is 0 Å². The van der Waals surface area contributed by atoms with Crippen LogP contribution in [0.4, 0.5) is 5.69 Å². The summed E-state index contributed by atoms with van der Waals surface area (Å²) in [6.07, 6.45) is 4.55. The number of anilines is 1. The third-order valence-electron chi connectivity index (χ3n) is 2.45. The van der Waals surface area contributed by atoms with Crippen LogP contribution in [0.15, 0.2) is 54.9 Å². The summed E-state index contributed by atoms with van der Waals surface area (Å²) in [5, 5.41) is 6.95. The van der Waals surface area contributed by atoms with Gasteiger partial charge in [0, 0.05) is 24.6 Å². The average molecular weight is 257 g/mol. The molecule has 18 heavy (non-hydrogen) atoms. The number of aromatic nitrogens is 1. The highest BCUT2D eigenvalue weighted by atomic mass is 32.1. The number of hydrogen-bond donors (Lipinski definition) is 2. The van der Waals surface area contributed by atoms with Crippen LogP contribution in [0, 0.1) is 0 Å². The summed E-state index contributed by atoms with van der Waals surface area (Å²) < 4.78 is 0. The molecule has 0 spiro atoms. The first kappa shape index (κ1) is 12.5. The summed E-state index contributed by atoms with van der Waals surface area (Å²) in [7, 11) is 0. The van der Waals surface area contributed by atoms with Gasteiger partial charge in [-0.3, -0.25) is 4.98 Å². The molecule has 0 unspecified atom stereocenters. The van der Waals surface area contributed by atoms with E-state index in [0.717, 1.165) is 18.7 Å². The molecule has 0 aliphatic carbocycles. The fourth-order valence-electron chi connectivity index (χ4n) is 1.56. The Morgan fingerprint density at radius 2 is 1.94 bits per heavy atom. The topological polar surface area (TPSA) is 37.0 Å². The maximum atomic E-state index is 5.21. The van der Waals surface area contributed by atoms with Crippen molar-refractivity contribution in [2.45, 2.75) is 6.42 Å². The van der Waals surface area contributed by atoms with Gasteiger partial charge in [0.2, 0.25) is 0 Å². The van der Waals surface area contributed by atoms with Gasteiger partial charge in [0.1, 0.15) is 0 Å². The number of para-hydroxylation sites is 1. The van der Waals surface area contributed by atoms with Gasteiger partial charge in [0.25, 0.3) is 0 Å². The second kappa shape index (κ2) is 6.71. The molecule has 0 saturated heterocycles. The molecule has 3 nitrogen and oxygen atoms in total. The van der Waals surface area contributed by atoms with Gasteiger partial charge in [-0.1, -0.05) is 24.3 Å². The molecule has 1 aromatic heterocycles. The number of nitrogens with one attached hydrogen (secondary N) is 2. The van der Waals surface area contributed by atoms with E-state index in [1.165, 1.54) is 5.56 Å². The maximum absolute atomic E-state index is 5.21. The third-order valence-corrected chi connectivity index (χ3v) is 2.70. The van der Waals surface area contributed by atoms with Gasteiger partial charge in [-0.2, -0.15) is 0 Å². The van der Waals surface area contributed by atoms with Crippen LogP contribution in [-0.2, 0) is 6.42 Å². The van der Waals surface area contributed by atoms with Gasteiger partial charge in [0.05, 0.1) is 0 Å². The SMILES string of the molecule is S=C(NCCc1cccnc1)Nc1ccccc1. The summed E-state index contributed by atoms with van der Waals surface area (Å²) in [4.78, 5) is 4.07. The van der Waals surface area contributed by atoms with Crippen LogP contribution >= 0.6 is 12.2 Å². The quantitative estimate of drug-likeness (QED) is 0.826. The lowest BCUT2D eigenvalue weighted by molar-refractivity contribution is 0.868. The van der Waals surface area contributed by atoms with Crippen molar-refractivity contribution in [3.63, 3.8) is 0 Å². The summed E-state index contributed by atoms with van der Waals surface area (Å²) in [5.41, 5.74) is 2.20. The number of benzene rings is 1. The first-order valence-electron chi connectivity index (χ1n) is 5.83. The molecule has 1 heterocycles. The van der Waals surface area contributed by atoms with Crippen molar-refractivity contribution in [1.29, 1.82) is 0 Å². The van der Waals surface area contributed by atoms with E-state index in [1.807, 2.05) is 42.6 Å². The van der Waals surface area contributed by atoms with Crippen molar-refractivity contribution in [3.05, 3.63) is 60.4 Å². The standard InChI is InChI=1S/C14H15N3S/c18-14(17-13-6-2-1-3-7-13)16-10-8-12-5-4-9-15-11-12/h1-7,9,11H,8,10H2,(H2,16,17,18). The highest BCUT2D eigenvalue weighted by molar-refractivity contribution is 7.80. The van der Waals surface area contributed by atoms with Crippen molar-refractivity contribution in [2.24, 2.45) is 0 Å². The third kappa shape index (κ3) is 4.14. The second-order valence-electron chi connectivity index (χ2n) is 3.86. The molecule has 4 heteroatoms. The molecule has 0 fully saturated rings. The van der Waals surface area contributed by atoms with E-state index in [4.69, 9.17) is 12.2 Å². The first-order chi connectivity index (χ1) is 8.84. The van der Waals surface area contributed by atoms with Crippen LogP contribution in [0.2, 0.25) is 0 Å². The Hall–Kier alpha value is -1.94. The lowest BCUT2D eigenvalue weighted by Gasteiger charge is -2.10. The molecule has 0 saturated carbocycles. The van der Waals surface area contributed by atoms with Crippen LogP contribution in [0.3, 0.4) is 0 Å². The number of hydrogen-bond acceptors (Lipinski definition) is 2. The number of pyridine rings is 1. The van der Waals surface area contributed by atoms with Crippen LogP contribution in [0.1, 0.15) is 5.56 Å². The highest BCUT2D eigenvalue weighted by Crippen LogP contribution is 2.04. The second-order valence-corrected chi connectivity index (χ2v) is 4.27. The Balaban J connectivity index is 1.73. The molecular weight excluding hydrogens is 242 g/mol. The Morgan fingerprint density at radius 3 is 2.67 bits per heavy atom. The summed E-state index contributed by atoms with van der Waals surface area (Å²) in [5.74, 6) is 0. The molecule has 1 aromatic carbocycles. The van der Waals surface area contributed by atoms with Crippen LogP contribution in [0.25, 0.3) is 0 Å². The Morgan fingerprint density at radius 1 is 1.11 bits per heavy atom. The zero-order valence-corrected chi connectivity index (χ0v) is 10.8. The predicted octanol–water partition coefficient (Wildman–Crippen LogP) is 2.61. The summed E-state index contributed by atoms with van der Waals surface area (Å²) in [6, 6.07) is 13.9. The minimum absolute atomic E-state index is 0.644. The molecule has 2 rings (SSSR count). The van der Waals surface area contributed by atoms with Crippen molar-refractivity contribution >= 4 is 23.0 Å². The average Bonchev–Trinajstić information content (AvgIpc) is 2.41. The van der Waals surface area contributed by atoms with Gasteiger partial charge < -0.3 is 10.6 Å². The Kier molecular flexibility index (Phi) is 4.67. The molecule has 0 aliphatic heterocycles. The zero-order valence-electron chi connectivity index (χ0n) is 9.97. The molecule has 92 valence electrons. The van der Waals surface area contributed by atoms with Crippen LogP contribution in [0.5, 0.6) is 0 Å². The minimum atomic E-state index is 0.644. The van der Waals surface area contributed by atoms with Crippen LogP contribution < -0.4 is 10.6 Å². The van der Waals surface area contributed by atoms with Gasteiger partial charge in [0.15, 0.2) is 5.11 Å². The molecule has 0 amide bonds. The predicted molar refractivity (Wildman–Crippen MR) is 78.6 cm³/mol. The summed E-state index contributed by atoms with van der Waals surface area (Å²) in [6.45, 7) is 0.796. The van der Waals surface area contributed by atoms with Crippen LogP contribution in [-0.4, -0.2) is 16.6 Å². The van der Waals surface area contributed by atoms with E-state index in [-0.39, 0.29) is 0 Å². The molecule has 0 atom stereocenters. The van der Waals surface area contributed by atoms with E-state index >= 15 is 0 Å². The van der Waals surface area contributed by atoms with Gasteiger partial charge >= 0.3 is 0 Å². The van der Waals surface area contributed by atoms with E-state index in [1.54, 1.807) is 6.20 Å². The lowest BCUT2D eigenvalue weighted by atomic mass is 10.2. The van der Waals surface area contributed by atoms with E-state index in [0.29, 0.717) is 5.11 Å². The molecule has 2 aromatic rings. The largest absolute Gasteiger partial charge is 0.362 e. The van der Waals surface area contributed by atoms with Gasteiger partial charge in [-0.05, 0) is 42.4 Å². The van der Waals surface area contributed by atoms with Crippen molar-refractivity contribution < 1.29 is 0 Å². The zero-order chi connectivity index (χ0) is 12.6. The fraction of sp³-hybridized carbons (Fsp3) is 0.143. The molecule has 2 N–H and O–H groups in total. The molecular formula is C14H15N3S. The minimum Gasteiger partial charge on any atom is -0.362 e.